The third kappa shape index (κ3) is 9.54. The average molecular weight is 440 g/mol. The maximum Gasteiger partial charge on any atom is 0.410 e. The van der Waals surface area contributed by atoms with Gasteiger partial charge in [0.25, 0.3) is 0 Å². The Hall–Kier alpha value is -2.82. The molecule has 0 aliphatic carbocycles. The molecule has 2 aromatic rings. The quantitative estimate of drug-likeness (QED) is 0.425. The third-order valence-corrected chi connectivity index (χ3v) is 5.14. The molecule has 174 valence electrons. The highest BCUT2D eigenvalue weighted by Crippen LogP contribution is 2.20. The van der Waals surface area contributed by atoms with E-state index in [1.807, 2.05) is 69.3 Å². The summed E-state index contributed by atoms with van der Waals surface area (Å²) in [4.78, 5) is 26.2. The first-order chi connectivity index (χ1) is 15.1. The highest BCUT2D eigenvalue weighted by Gasteiger charge is 2.24. The zero-order valence-corrected chi connectivity index (χ0v) is 20.0. The molecule has 0 bridgehead atoms. The van der Waals surface area contributed by atoms with Gasteiger partial charge in [0, 0.05) is 20.0 Å². The van der Waals surface area contributed by atoms with Crippen LogP contribution in [0.1, 0.15) is 58.6 Å². The van der Waals surface area contributed by atoms with Crippen LogP contribution >= 0.6 is 0 Å². The first kappa shape index (κ1) is 25.4. The third-order valence-electron chi connectivity index (χ3n) is 5.14. The van der Waals surface area contributed by atoms with E-state index in [1.165, 1.54) is 12.5 Å². The van der Waals surface area contributed by atoms with Gasteiger partial charge in [0.2, 0.25) is 0 Å². The van der Waals surface area contributed by atoms with Crippen LogP contribution in [0.4, 0.5) is 4.79 Å². The lowest BCUT2D eigenvalue weighted by Gasteiger charge is -2.29. The summed E-state index contributed by atoms with van der Waals surface area (Å²) < 4.78 is 11.3. The van der Waals surface area contributed by atoms with Crippen LogP contribution in [0.15, 0.2) is 60.7 Å². The smallest absolute Gasteiger partial charge is 0.410 e. The van der Waals surface area contributed by atoms with Crippen LogP contribution in [-0.2, 0) is 27.2 Å². The second kappa shape index (κ2) is 12.3. The molecule has 0 radical (unpaired) electrons. The number of hydrogen-bond acceptors (Lipinski definition) is 4. The maximum atomic E-state index is 12.8. The minimum absolute atomic E-state index is 0.172. The fourth-order valence-corrected chi connectivity index (χ4v) is 3.64. The molecule has 0 aliphatic rings. The normalized spacial score (nSPS) is 13.2. The minimum atomic E-state index is -0.559. The number of nitrogens with zero attached hydrogens (tertiary/aromatic N) is 1. The monoisotopic (exact) mass is 439 g/mol. The van der Waals surface area contributed by atoms with Gasteiger partial charge in [-0.2, -0.15) is 0 Å². The van der Waals surface area contributed by atoms with E-state index in [9.17, 15) is 9.59 Å². The number of esters is 1. The highest BCUT2D eigenvalue weighted by molar-refractivity contribution is 5.68. The van der Waals surface area contributed by atoms with E-state index in [-0.39, 0.29) is 24.1 Å². The fraction of sp³-hybridized carbons (Fsp3) is 0.481. The number of hydrogen-bond donors (Lipinski definition) is 0. The van der Waals surface area contributed by atoms with Crippen LogP contribution in [0.5, 0.6) is 0 Å². The van der Waals surface area contributed by atoms with Crippen LogP contribution in [-0.4, -0.2) is 35.2 Å². The molecule has 0 saturated carbocycles. The van der Waals surface area contributed by atoms with Crippen molar-refractivity contribution in [2.75, 3.05) is 6.54 Å². The predicted octanol–water partition coefficient (Wildman–Crippen LogP) is 6.01. The Kier molecular flexibility index (Phi) is 9.76. The topological polar surface area (TPSA) is 55.8 Å². The van der Waals surface area contributed by atoms with Gasteiger partial charge in [-0.1, -0.05) is 67.6 Å². The predicted molar refractivity (Wildman–Crippen MR) is 127 cm³/mol. The summed E-state index contributed by atoms with van der Waals surface area (Å²) in [7, 11) is 0. The Morgan fingerprint density at radius 2 is 1.50 bits per heavy atom. The van der Waals surface area contributed by atoms with Gasteiger partial charge in [-0.25, -0.2) is 4.79 Å². The second-order valence-electron chi connectivity index (χ2n) is 9.34. The van der Waals surface area contributed by atoms with Gasteiger partial charge in [0.1, 0.15) is 11.7 Å². The molecule has 5 nitrogen and oxygen atoms in total. The van der Waals surface area contributed by atoms with Gasteiger partial charge in [0.05, 0.1) is 0 Å². The molecule has 2 rings (SSSR count). The van der Waals surface area contributed by atoms with Gasteiger partial charge >= 0.3 is 12.1 Å². The fourth-order valence-electron chi connectivity index (χ4n) is 3.64. The van der Waals surface area contributed by atoms with E-state index in [1.54, 1.807) is 4.90 Å². The molecule has 0 spiro atoms. The van der Waals surface area contributed by atoms with Crippen molar-refractivity contribution in [3.8, 4) is 0 Å². The van der Waals surface area contributed by atoms with Gasteiger partial charge in [-0.05, 0) is 57.1 Å². The SMILES string of the molecule is CC(=O)O[C@@H](CCCN(Cc1ccccc1)C(=O)OC(C)(C)C)[C@@H](C)Cc1ccccc1. The van der Waals surface area contributed by atoms with Gasteiger partial charge < -0.3 is 14.4 Å². The van der Waals surface area contributed by atoms with E-state index < -0.39 is 5.60 Å². The lowest BCUT2D eigenvalue weighted by Crippen LogP contribution is -2.37. The van der Waals surface area contributed by atoms with Gasteiger partial charge in [0.15, 0.2) is 0 Å². The molecule has 0 saturated heterocycles. The summed E-state index contributed by atoms with van der Waals surface area (Å²) in [6.07, 6.45) is 1.69. The molecule has 0 fully saturated rings. The van der Waals surface area contributed by atoms with Gasteiger partial charge in [-0.3, -0.25) is 4.79 Å². The minimum Gasteiger partial charge on any atom is -0.462 e. The number of rotatable bonds is 10. The van der Waals surface area contributed by atoms with E-state index in [0.29, 0.717) is 25.9 Å². The van der Waals surface area contributed by atoms with E-state index in [4.69, 9.17) is 9.47 Å². The van der Waals surface area contributed by atoms with Crippen molar-refractivity contribution in [2.45, 2.75) is 72.1 Å². The van der Waals surface area contributed by atoms with Crippen LogP contribution in [0, 0.1) is 5.92 Å². The van der Waals surface area contributed by atoms with Crippen molar-refractivity contribution >= 4 is 12.1 Å². The van der Waals surface area contributed by atoms with Crippen LogP contribution in [0.25, 0.3) is 0 Å². The summed E-state index contributed by atoms with van der Waals surface area (Å²) in [6.45, 7) is 10.2. The molecular formula is C27H37NO4. The molecule has 1 amide bonds. The summed E-state index contributed by atoms with van der Waals surface area (Å²) in [5.41, 5.74) is 1.71. The highest BCUT2D eigenvalue weighted by atomic mass is 16.6. The average Bonchev–Trinajstić information content (AvgIpc) is 2.72. The molecule has 2 aromatic carbocycles. The van der Waals surface area contributed by atoms with E-state index >= 15 is 0 Å². The Morgan fingerprint density at radius 3 is 2.03 bits per heavy atom. The molecule has 2 atom stereocenters. The summed E-state index contributed by atoms with van der Waals surface area (Å²) in [6, 6.07) is 20.1. The largest absolute Gasteiger partial charge is 0.462 e. The molecular weight excluding hydrogens is 402 g/mol. The molecule has 32 heavy (non-hydrogen) atoms. The number of carbonyl (C=O) groups is 2. The standard InChI is InChI=1S/C27H37NO4/c1-21(19-23-13-8-6-9-14-23)25(31-22(2)29)17-12-18-28(26(30)32-27(3,4)5)20-24-15-10-7-11-16-24/h6-11,13-16,21,25H,12,17-20H2,1-5H3/t21-,25-/m0/s1. The van der Waals surface area contributed by atoms with Gasteiger partial charge in [-0.15, -0.1) is 0 Å². The zero-order chi connectivity index (χ0) is 23.6. The molecule has 0 unspecified atom stereocenters. The molecule has 5 heteroatoms. The number of amides is 1. The first-order valence-electron chi connectivity index (χ1n) is 11.4. The van der Waals surface area contributed by atoms with Crippen LogP contribution < -0.4 is 0 Å². The summed E-state index contributed by atoms with van der Waals surface area (Å²) in [5.74, 6) is -0.103. The second-order valence-corrected chi connectivity index (χ2v) is 9.34. The number of ether oxygens (including phenoxy) is 2. The lowest BCUT2D eigenvalue weighted by atomic mass is 9.93. The van der Waals surface area contributed by atoms with E-state index in [2.05, 4.69) is 19.1 Å². The van der Waals surface area contributed by atoms with Crippen molar-refractivity contribution in [1.29, 1.82) is 0 Å². The van der Waals surface area contributed by atoms with E-state index in [0.717, 1.165) is 12.0 Å². The summed E-state index contributed by atoms with van der Waals surface area (Å²) in [5, 5.41) is 0. The Labute approximate surface area is 192 Å². The van der Waals surface area contributed by atoms with Crippen molar-refractivity contribution in [2.24, 2.45) is 5.92 Å². The Bertz CT molecular complexity index is 830. The Balaban J connectivity index is 2.02. The number of benzene rings is 2. The van der Waals surface area contributed by atoms with Crippen LogP contribution in [0.2, 0.25) is 0 Å². The lowest BCUT2D eigenvalue weighted by molar-refractivity contribution is -0.149. The van der Waals surface area contributed by atoms with Crippen molar-refractivity contribution in [3.63, 3.8) is 0 Å². The van der Waals surface area contributed by atoms with Crippen molar-refractivity contribution < 1.29 is 19.1 Å². The number of carbonyl (C=O) groups excluding carboxylic acids is 2. The summed E-state index contributed by atoms with van der Waals surface area (Å²) >= 11 is 0. The molecule has 0 aliphatic heterocycles. The maximum absolute atomic E-state index is 12.8. The molecule has 0 aromatic heterocycles. The van der Waals surface area contributed by atoms with Crippen LogP contribution in [0.3, 0.4) is 0 Å². The Morgan fingerprint density at radius 1 is 0.938 bits per heavy atom. The molecule has 0 heterocycles. The molecule has 0 N–H and O–H groups in total. The van der Waals surface area contributed by atoms with Crippen molar-refractivity contribution in [1.82, 2.24) is 4.90 Å². The first-order valence-corrected chi connectivity index (χ1v) is 11.4. The van der Waals surface area contributed by atoms with Crippen molar-refractivity contribution in [3.05, 3.63) is 71.8 Å². The zero-order valence-electron chi connectivity index (χ0n) is 20.0.